The first-order valence-corrected chi connectivity index (χ1v) is 5.72. The van der Waals surface area contributed by atoms with Crippen LogP contribution in [0.25, 0.3) is 0 Å². The van der Waals surface area contributed by atoms with Crippen LogP contribution in [-0.4, -0.2) is 19.8 Å². The van der Waals surface area contributed by atoms with Crippen molar-refractivity contribution < 1.29 is 14.3 Å². The Morgan fingerprint density at radius 2 is 2.18 bits per heavy atom. The molecule has 5 heteroatoms. The second kappa shape index (κ2) is 7.14. The van der Waals surface area contributed by atoms with E-state index in [1.807, 2.05) is 18.2 Å². The summed E-state index contributed by atoms with van der Waals surface area (Å²) in [6.07, 6.45) is 0.170. The summed E-state index contributed by atoms with van der Waals surface area (Å²) in [5.74, 6) is 0. The maximum Gasteiger partial charge on any atom is 0.405 e. The fourth-order valence-electron chi connectivity index (χ4n) is 1.57. The Morgan fingerprint density at radius 1 is 1.47 bits per heavy atom. The highest BCUT2D eigenvalue weighted by molar-refractivity contribution is 6.31. The van der Waals surface area contributed by atoms with Gasteiger partial charge in [-0.2, -0.15) is 0 Å². The number of rotatable bonds is 6. The Morgan fingerprint density at radius 3 is 2.76 bits per heavy atom. The largest absolute Gasteiger partial charge is 0.441 e. The molecule has 1 atom stereocenters. The number of nitrogens with two attached hydrogens (primary N) is 1. The van der Waals surface area contributed by atoms with Gasteiger partial charge in [-0.05, 0) is 18.9 Å². The number of hydrogen-bond donors (Lipinski definition) is 1. The van der Waals surface area contributed by atoms with Gasteiger partial charge in [0, 0.05) is 24.3 Å². The zero-order chi connectivity index (χ0) is 12.7. The zero-order valence-electron chi connectivity index (χ0n) is 9.69. The second-order valence-corrected chi connectivity index (χ2v) is 3.99. The third-order valence-electron chi connectivity index (χ3n) is 2.33. The zero-order valence-corrected chi connectivity index (χ0v) is 10.4. The molecule has 94 valence electrons. The van der Waals surface area contributed by atoms with Gasteiger partial charge in [0.2, 0.25) is 0 Å². The summed E-state index contributed by atoms with van der Waals surface area (Å²) in [5.41, 5.74) is 5.82. The molecule has 0 fully saturated rings. The Hall–Kier alpha value is -1.26. The van der Waals surface area contributed by atoms with Crippen LogP contribution in [0, 0.1) is 0 Å². The summed E-state index contributed by atoms with van der Waals surface area (Å²) in [4.78, 5) is 10.9. The molecule has 1 amide bonds. The van der Waals surface area contributed by atoms with Crippen molar-refractivity contribution in [3.05, 3.63) is 34.9 Å². The van der Waals surface area contributed by atoms with Crippen molar-refractivity contribution in [2.45, 2.75) is 18.9 Å². The fraction of sp³-hybridized carbons (Fsp3) is 0.417. The highest BCUT2D eigenvalue weighted by Crippen LogP contribution is 2.28. The molecule has 4 nitrogen and oxygen atoms in total. The number of halogens is 1. The Bertz CT molecular complexity index is 371. The topological polar surface area (TPSA) is 61.6 Å². The monoisotopic (exact) mass is 257 g/mol. The molecular weight excluding hydrogens is 242 g/mol. The first kappa shape index (κ1) is 13.8. The van der Waals surface area contributed by atoms with Crippen LogP contribution in [0.2, 0.25) is 5.02 Å². The van der Waals surface area contributed by atoms with E-state index < -0.39 is 12.2 Å². The van der Waals surface area contributed by atoms with Crippen LogP contribution in [0.4, 0.5) is 4.79 Å². The summed E-state index contributed by atoms with van der Waals surface area (Å²) in [6.45, 7) is 0.600. The molecule has 0 bridgehead atoms. The van der Waals surface area contributed by atoms with Crippen molar-refractivity contribution in [1.29, 1.82) is 0 Å². The van der Waals surface area contributed by atoms with Gasteiger partial charge in [0.05, 0.1) is 0 Å². The molecule has 0 saturated carbocycles. The van der Waals surface area contributed by atoms with E-state index in [1.165, 1.54) is 0 Å². The van der Waals surface area contributed by atoms with Gasteiger partial charge in [-0.15, -0.1) is 0 Å². The minimum Gasteiger partial charge on any atom is -0.441 e. The predicted octanol–water partition coefficient (Wildman–Crippen LogP) is 2.90. The minimum absolute atomic E-state index is 0.420. The Kier molecular flexibility index (Phi) is 5.80. The van der Waals surface area contributed by atoms with Crippen LogP contribution in [0.5, 0.6) is 0 Å². The SMILES string of the molecule is COCCC[C@H](OC(N)=O)c1ccccc1Cl. The van der Waals surface area contributed by atoms with Crippen molar-refractivity contribution in [2.75, 3.05) is 13.7 Å². The van der Waals surface area contributed by atoms with E-state index in [0.29, 0.717) is 18.1 Å². The van der Waals surface area contributed by atoms with Gasteiger partial charge >= 0.3 is 6.09 Å². The van der Waals surface area contributed by atoms with Crippen LogP contribution >= 0.6 is 11.6 Å². The van der Waals surface area contributed by atoms with Gasteiger partial charge < -0.3 is 15.2 Å². The van der Waals surface area contributed by atoms with Crippen LogP contribution in [0.1, 0.15) is 24.5 Å². The average molecular weight is 258 g/mol. The summed E-state index contributed by atoms with van der Waals surface area (Å²) in [6, 6.07) is 7.24. The lowest BCUT2D eigenvalue weighted by atomic mass is 10.0. The molecule has 0 unspecified atom stereocenters. The molecule has 0 spiro atoms. The van der Waals surface area contributed by atoms with E-state index in [1.54, 1.807) is 13.2 Å². The third-order valence-corrected chi connectivity index (χ3v) is 2.67. The quantitative estimate of drug-likeness (QED) is 0.797. The average Bonchev–Trinajstić information content (AvgIpc) is 2.28. The number of hydrogen-bond acceptors (Lipinski definition) is 3. The minimum atomic E-state index is -0.799. The number of methoxy groups -OCH3 is 1. The van der Waals surface area contributed by atoms with Gasteiger partial charge in [-0.3, -0.25) is 0 Å². The van der Waals surface area contributed by atoms with Crippen LogP contribution in [-0.2, 0) is 9.47 Å². The van der Waals surface area contributed by atoms with E-state index in [2.05, 4.69) is 0 Å². The molecule has 0 saturated heterocycles. The molecule has 0 aromatic heterocycles. The van der Waals surface area contributed by atoms with E-state index in [9.17, 15) is 4.79 Å². The second-order valence-electron chi connectivity index (χ2n) is 3.58. The Labute approximate surface area is 106 Å². The summed E-state index contributed by atoms with van der Waals surface area (Å²) >= 11 is 6.05. The molecule has 0 aliphatic carbocycles. The maximum atomic E-state index is 10.9. The van der Waals surface area contributed by atoms with Gasteiger partial charge in [0.1, 0.15) is 6.10 Å². The molecule has 0 aliphatic rings. The normalized spacial score (nSPS) is 12.1. The first-order valence-electron chi connectivity index (χ1n) is 5.34. The number of carbonyl (C=O) groups excluding carboxylic acids is 1. The molecule has 0 aliphatic heterocycles. The van der Waals surface area contributed by atoms with E-state index in [-0.39, 0.29) is 0 Å². The molecule has 0 heterocycles. The molecular formula is C12H16ClNO3. The van der Waals surface area contributed by atoms with E-state index >= 15 is 0 Å². The standard InChI is InChI=1S/C12H16ClNO3/c1-16-8-4-7-11(17-12(14)15)9-5-2-3-6-10(9)13/h2-3,5-6,11H,4,7-8H2,1H3,(H2,14,15)/t11-/m0/s1. The highest BCUT2D eigenvalue weighted by Gasteiger charge is 2.17. The number of primary amides is 1. The first-order chi connectivity index (χ1) is 8.15. The third kappa shape index (κ3) is 4.63. The summed E-state index contributed by atoms with van der Waals surface area (Å²) in [5, 5.41) is 0.566. The smallest absolute Gasteiger partial charge is 0.405 e. The van der Waals surface area contributed by atoms with Crippen LogP contribution in [0.3, 0.4) is 0 Å². The summed E-state index contributed by atoms with van der Waals surface area (Å²) < 4.78 is 10.0. The lowest BCUT2D eigenvalue weighted by Gasteiger charge is -2.17. The fourth-order valence-corrected chi connectivity index (χ4v) is 1.82. The molecule has 1 rings (SSSR count). The molecule has 17 heavy (non-hydrogen) atoms. The van der Waals surface area contributed by atoms with E-state index in [0.717, 1.165) is 12.0 Å². The van der Waals surface area contributed by atoms with Crippen molar-refractivity contribution in [3.8, 4) is 0 Å². The van der Waals surface area contributed by atoms with Gasteiger partial charge in [0.25, 0.3) is 0 Å². The number of benzene rings is 1. The van der Waals surface area contributed by atoms with Gasteiger partial charge in [-0.25, -0.2) is 4.79 Å². The lowest BCUT2D eigenvalue weighted by Crippen LogP contribution is -2.18. The van der Waals surface area contributed by atoms with Crippen molar-refractivity contribution in [2.24, 2.45) is 5.73 Å². The van der Waals surface area contributed by atoms with Crippen LogP contribution in [0.15, 0.2) is 24.3 Å². The predicted molar refractivity (Wildman–Crippen MR) is 66.0 cm³/mol. The van der Waals surface area contributed by atoms with Gasteiger partial charge in [0.15, 0.2) is 0 Å². The number of amides is 1. The molecule has 1 aromatic carbocycles. The van der Waals surface area contributed by atoms with Gasteiger partial charge in [-0.1, -0.05) is 29.8 Å². The van der Waals surface area contributed by atoms with Crippen LogP contribution < -0.4 is 5.73 Å². The van der Waals surface area contributed by atoms with Crippen molar-refractivity contribution in [3.63, 3.8) is 0 Å². The van der Waals surface area contributed by atoms with Crippen molar-refractivity contribution >= 4 is 17.7 Å². The molecule has 1 aromatic rings. The highest BCUT2D eigenvalue weighted by atomic mass is 35.5. The molecule has 0 radical (unpaired) electrons. The maximum absolute atomic E-state index is 10.9. The Balaban J connectivity index is 2.75. The van der Waals surface area contributed by atoms with Crippen molar-refractivity contribution in [1.82, 2.24) is 0 Å². The molecule has 2 N–H and O–H groups in total. The number of carbonyl (C=O) groups is 1. The van der Waals surface area contributed by atoms with E-state index in [4.69, 9.17) is 26.8 Å². The number of ether oxygens (including phenoxy) is 2. The lowest BCUT2D eigenvalue weighted by molar-refractivity contribution is 0.0918. The summed E-state index contributed by atoms with van der Waals surface area (Å²) in [7, 11) is 1.62.